The predicted octanol–water partition coefficient (Wildman–Crippen LogP) is 2.40. The van der Waals surface area contributed by atoms with E-state index in [1.807, 2.05) is 0 Å². The van der Waals surface area contributed by atoms with Crippen molar-refractivity contribution in [3.05, 3.63) is 29.3 Å². The fraction of sp³-hybridized carbons (Fsp3) is 0.417. The second kappa shape index (κ2) is 8.39. The predicted molar refractivity (Wildman–Crippen MR) is 87.8 cm³/mol. The van der Waals surface area contributed by atoms with Crippen LogP contribution in [0.5, 0.6) is 0 Å². The Kier molecular flexibility index (Phi) is 8.00. The van der Waals surface area contributed by atoms with Crippen molar-refractivity contribution in [2.75, 3.05) is 17.3 Å². The molecule has 20 heavy (non-hydrogen) atoms. The Balaban J connectivity index is 0.00000361. The van der Waals surface area contributed by atoms with Gasteiger partial charge in [0, 0.05) is 23.0 Å². The van der Waals surface area contributed by atoms with Gasteiger partial charge in [0.2, 0.25) is 0 Å². The number of carbonyl (C=O) groups excluding carboxylic acids is 1. The van der Waals surface area contributed by atoms with Gasteiger partial charge >= 0.3 is 6.03 Å². The maximum atomic E-state index is 11.6. The Labute approximate surface area is 131 Å². The molecule has 0 fully saturated rings. The number of halogens is 1. The number of sulfone groups is 1. The summed E-state index contributed by atoms with van der Waals surface area (Å²) in [5.41, 5.74) is 0.622. The van der Waals surface area contributed by atoms with Gasteiger partial charge in [-0.05, 0) is 37.6 Å². The molecular weight excluding hydrogens is 320 g/mol. The first-order valence-corrected chi connectivity index (χ1v) is 8.21. The summed E-state index contributed by atoms with van der Waals surface area (Å²) in [6, 6.07) is 6.12. The molecule has 0 heterocycles. The van der Waals surface area contributed by atoms with Crippen LogP contribution in [0.1, 0.15) is 13.3 Å². The zero-order valence-electron chi connectivity index (χ0n) is 11.3. The van der Waals surface area contributed by atoms with E-state index in [1.165, 1.54) is 6.26 Å². The number of rotatable bonds is 5. The monoisotopic (exact) mass is 338 g/mol. The molecule has 8 heteroatoms. The Hall–Kier alpha value is -0.920. The van der Waals surface area contributed by atoms with Gasteiger partial charge in [-0.15, -0.1) is 0 Å². The summed E-state index contributed by atoms with van der Waals surface area (Å²) in [4.78, 5) is 11.6. The second-order valence-electron chi connectivity index (χ2n) is 4.42. The topological polar surface area (TPSA) is 75.3 Å². The normalized spacial score (nSPS) is 12.2. The van der Waals surface area contributed by atoms with Crippen molar-refractivity contribution in [3.8, 4) is 0 Å². The molecule has 5 nitrogen and oxygen atoms in total. The molecule has 0 aliphatic carbocycles. The van der Waals surface area contributed by atoms with Crippen molar-refractivity contribution >= 4 is 46.7 Å². The number of carbonyl (C=O) groups is 1. The van der Waals surface area contributed by atoms with Gasteiger partial charge in [0.25, 0.3) is 0 Å². The van der Waals surface area contributed by atoms with Crippen molar-refractivity contribution in [3.63, 3.8) is 0 Å². The SMILES string of the molecule is C[C@@H](CCS(C)(=O)=O)NC(=O)Nc1ccc(Cl)cc1.S. The van der Waals surface area contributed by atoms with Crippen molar-refractivity contribution in [1.82, 2.24) is 5.32 Å². The quantitative estimate of drug-likeness (QED) is 0.865. The molecule has 114 valence electrons. The molecule has 1 aromatic carbocycles. The van der Waals surface area contributed by atoms with E-state index >= 15 is 0 Å². The van der Waals surface area contributed by atoms with E-state index in [4.69, 9.17) is 11.6 Å². The molecule has 1 aromatic rings. The summed E-state index contributed by atoms with van der Waals surface area (Å²) >= 11 is 5.73. The van der Waals surface area contributed by atoms with Crippen LogP contribution in [0.25, 0.3) is 0 Å². The number of anilines is 1. The van der Waals surface area contributed by atoms with E-state index in [0.717, 1.165) is 0 Å². The van der Waals surface area contributed by atoms with Crippen LogP contribution in [-0.2, 0) is 9.84 Å². The fourth-order valence-corrected chi connectivity index (χ4v) is 2.29. The lowest BCUT2D eigenvalue weighted by Gasteiger charge is -2.14. The number of hydrogen-bond acceptors (Lipinski definition) is 3. The highest BCUT2D eigenvalue weighted by atomic mass is 35.5. The van der Waals surface area contributed by atoms with Gasteiger partial charge in [0.05, 0.1) is 5.75 Å². The third-order valence-corrected chi connectivity index (χ3v) is 3.63. The third kappa shape index (κ3) is 8.29. The van der Waals surface area contributed by atoms with E-state index in [2.05, 4.69) is 10.6 Å². The van der Waals surface area contributed by atoms with Crippen molar-refractivity contribution in [1.29, 1.82) is 0 Å². The van der Waals surface area contributed by atoms with Gasteiger partial charge in [0.15, 0.2) is 0 Å². The highest BCUT2D eigenvalue weighted by Gasteiger charge is 2.10. The Morgan fingerprint density at radius 3 is 2.35 bits per heavy atom. The van der Waals surface area contributed by atoms with Crippen LogP contribution in [0.3, 0.4) is 0 Å². The molecule has 0 aliphatic rings. The van der Waals surface area contributed by atoms with Crippen LogP contribution in [0.2, 0.25) is 5.02 Å². The smallest absolute Gasteiger partial charge is 0.319 e. The molecule has 1 atom stereocenters. The Morgan fingerprint density at radius 1 is 1.30 bits per heavy atom. The Morgan fingerprint density at radius 2 is 1.85 bits per heavy atom. The molecule has 0 unspecified atom stereocenters. The maximum Gasteiger partial charge on any atom is 0.319 e. The zero-order valence-corrected chi connectivity index (χ0v) is 13.9. The largest absolute Gasteiger partial charge is 0.335 e. The fourth-order valence-electron chi connectivity index (χ4n) is 1.39. The molecule has 0 saturated heterocycles. The standard InChI is InChI=1S/C12H17ClN2O3S.H2S/c1-9(7-8-19(2,17)18)14-12(16)15-11-5-3-10(13)4-6-11;/h3-6,9H,7-8H2,1-2H3,(H2,14,15,16);1H2/t9-;/m0./s1. The summed E-state index contributed by atoms with van der Waals surface area (Å²) in [5, 5.41) is 5.90. The third-order valence-electron chi connectivity index (χ3n) is 2.40. The summed E-state index contributed by atoms with van der Waals surface area (Å²) in [5.74, 6) is 0.0510. The van der Waals surface area contributed by atoms with Crippen molar-refractivity contribution < 1.29 is 13.2 Å². The zero-order chi connectivity index (χ0) is 14.5. The first-order valence-electron chi connectivity index (χ1n) is 5.77. The molecule has 1 rings (SSSR count). The second-order valence-corrected chi connectivity index (χ2v) is 7.12. The average molecular weight is 339 g/mol. The summed E-state index contributed by atoms with van der Waals surface area (Å²) in [7, 11) is -3.01. The summed E-state index contributed by atoms with van der Waals surface area (Å²) < 4.78 is 22.0. The summed E-state index contributed by atoms with van der Waals surface area (Å²) in [6.45, 7) is 1.76. The molecule has 2 amide bonds. The van der Waals surface area contributed by atoms with Crippen LogP contribution in [0, 0.1) is 0 Å². The maximum absolute atomic E-state index is 11.6. The Bertz CT molecular complexity index is 532. The lowest BCUT2D eigenvalue weighted by molar-refractivity contribution is 0.249. The van der Waals surface area contributed by atoms with Crippen LogP contribution >= 0.6 is 25.1 Å². The van der Waals surface area contributed by atoms with Crippen molar-refractivity contribution in [2.45, 2.75) is 19.4 Å². The number of nitrogens with one attached hydrogen (secondary N) is 2. The van der Waals surface area contributed by atoms with Gasteiger partial charge in [-0.1, -0.05) is 11.6 Å². The lowest BCUT2D eigenvalue weighted by atomic mass is 10.2. The molecular formula is C12H19ClN2O3S2. The number of urea groups is 1. The minimum atomic E-state index is -3.01. The van der Waals surface area contributed by atoms with E-state index < -0.39 is 9.84 Å². The first-order chi connectivity index (χ1) is 8.76. The summed E-state index contributed by atoms with van der Waals surface area (Å²) in [6.07, 6.45) is 1.56. The van der Waals surface area contributed by atoms with E-state index in [9.17, 15) is 13.2 Å². The van der Waals surface area contributed by atoms with Crippen LogP contribution in [0.4, 0.5) is 10.5 Å². The average Bonchev–Trinajstić information content (AvgIpc) is 2.29. The van der Waals surface area contributed by atoms with Gasteiger partial charge in [-0.25, -0.2) is 13.2 Å². The molecule has 0 aromatic heterocycles. The molecule has 0 aliphatic heterocycles. The molecule has 2 N–H and O–H groups in total. The molecule has 0 saturated carbocycles. The van der Waals surface area contributed by atoms with Crippen LogP contribution in [-0.4, -0.2) is 32.5 Å². The highest BCUT2D eigenvalue weighted by molar-refractivity contribution is 7.90. The van der Waals surface area contributed by atoms with Crippen LogP contribution < -0.4 is 10.6 Å². The highest BCUT2D eigenvalue weighted by Crippen LogP contribution is 2.13. The van der Waals surface area contributed by atoms with E-state index in [1.54, 1.807) is 31.2 Å². The number of amides is 2. The van der Waals surface area contributed by atoms with E-state index in [-0.39, 0.29) is 31.3 Å². The first kappa shape index (κ1) is 19.1. The molecule has 0 spiro atoms. The van der Waals surface area contributed by atoms with Gasteiger partial charge in [-0.3, -0.25) is 0 Å². The minimum Gasteiger partial charge on any atom is -0.335 e. The van der Waals surface area contributed by atoms with Gasteiger partial charge in [-0.2, -0.15) is 13.5 Å². The lowest BCUT2D eigenvalue weighted by Crippen LogP contribution is -2.37. The van der Waals surface area contributed by atoms with E-state index in [0.29, 0.717) is 17.1 Å². The van der Waals surface area contributed by atoms with Gasteiger partial charge in [0.1, 0.15) is 9.84 Å². The number of hydrogen-bond donors (Lipinski definition) is 2. The van der Waals surface area contributed by atoms with Gasteiger partial charge < -0.3 is 10.6 Å². The number of benzene rings is 1. The van der Waals surface area contributed by atoms with Crippen molar-refractivity contribution in [2.24, 2.45) is 0 Å². The minimum absolute atomic E-state index is 0. The van der Waals surface area contributed by atoms with Crippen LogP contribution in [0.15, 0.2) is 24.3 Å². The molecule has 0 bridgehead atoms. The molecule has 0 radical (unpaired) electrons.